The van der Waals surface area contributed by atoms with Gasteiger partial charge in [0.1, 0.15) is 11.3 Å². The molecule has 5 heteroatoms. The number of nitrogen functional groups attached to an aromatic ring is 1. The van der Waals surface area contributed by atoms with Crippen LogP contribution in [0.1, 0.15) is 56.9 Å². The largest absolute Gasteiger partial charge is 0.452 e. The van der Waals surface area contributed by atoms with Gasteiger partial charge in [-0.3, -0.25) is 4.99 Å². The molecule has 2 aliphatic carbocycles. The molecular weight excluding hydrogens is 817 g/mol. The molecule has 4 heterocycles. The summed E-state index contributed by atoms with van der Waals surface area (Å²) in [5, 5.41) is 8.28. The van der Waals surface area contributed by atoms with Gasteiger partial charge in [0.15, 0.2) is 5.76 Å². The third-order valence-electron chi connectivity index (χ3n) is 15.3. The summed E-state index contributed by atoms with van der Waals surface area (Å²) in [5.74, 6) is 0.729. The normalized spacial score (nSPS) is 16.1. The quantitative estimate of drug-likeness (QED) is 0.175. The van der Waals surface area contributed by atoms with E-state index in [1.165, 1.54) is 94.2 Å². The van der Waals surface area contributed by atoms with Gasteiger partial charge in [-0.15, -0.1) is 0 Å². The zero-order chi connectivity index (χ0) is 43.9. The number of nitrogens with two attached hydrogens (primary N) is 1. The molecule has 2 N–H and O–H groups in total. The maximum Gasteiger partial charge on any atom is 0.176 e. The molecular formula is C62H42N4O. The van der Waals surface area contributed by atoms with Crippen molar-refractivity contribution in [3.8, 4) is 22.3 Å². The standard InChI is InChI=1S/C62H42N4O/c63-57-47-23-10-12-27-53(47)67-62(57)58(39-29-28-36-14-1-2-16-38(36)34-39)64-35-40-31-32-51(43-19-6-5-17-41(40)43)65-50-26-11-9-22-46(50)55-44-20-7-8-21-45(44)56-49-25-13-24-48-54-42-18-4-3-15-37(42)30-33-52(54)66(59(48)49)61(56)60(55)65/h1-29,31-32,34,55,60H,30,33,35,63H2. The van der Waals surface area contributed by atoms with Crippen LogP contribution in [0.15, 0.2) is 204 Å². The number of anilines is 3. The Kier molecular flexibility index (Phi) is 7.60. The van der Waals surface area contributed by atoms with E-state index in [0.717, 1.165) is 46.0 Å². The third kappa shape index (κ3) is 5.06. The van der Waals surface area contributed by atoms with E-state index in [0.29, 0.717) is 18.0 Å². The lowest BCUT2D eigenvalue weighted by Gasteiger charge is -2.37. The van der Waals surface area contributed by atoms with Crippen molar-refractivity contribution in [3.05, 3.63) is 239 Å². The van der Waals surface area contributed by atoms with Gasteiger partial charge in [0.2, 0.25) is 0 Å². The van der Waals surface area contributed by atoms with Crippen LogP contribution in [-0.4, -0.2) is 10.1 Å². The predicted molar refractivity (Wildman–Crippen MR) is 275 cm³/mol. The number of nitrogens with zero attached hydrogens (tertiary/aromatic N) is 3. The van der Waals surface area contributed by atoms with Crippen molar-refractivity contribution in [2.45, 2.75) is 31.3 Å². The molecule has 3 aliphatic rings. The highest BCUT2D eigenvalue weighted by molar-refractivity contribution is 6.19. The number of furan rings is 1. The number of para-hydroxylation sites is 3. The van der Waals surface area contributed by atoms with Gasteiger partial charge in [0.05, 0.1) is 29.5 Å². The van der Waals surface area contributed by atoms with Crippen molar-refractivity contribution in [1.82, 2.24) is 4.40 Å². The fraction of sp³-hybridized carbons (Fsp3) is 0.0806. The number of aliphatic imine (C=N–C) groups is 1. The summed E-state index contributed by atoms with van der Waals surface area (Å²) < 4.78 is 9.28. The molecule has 3 aromatic heterocycles. The summed E-state index contributed by atoms with van der Waals surface area (Å²) in [5.41, 5.74) is 27.5. The van der Waals surface area contributed by atoms with Gasteiger partial charge < -0.3 is 19.5 Å². The maximum absolute atomic E-state index is 6.92. The molecule has 1 aliphatic heterocycles. The molecule has 2 unspecified atom stereocenters. The maximum atomic E-state index is 6.92. The highest BCUT2D eigenvalue weighted by Crippen LogP contribution is 2.63. The minimum atomic E-state index is 0.00872. The number of aromatic nitrogens is 1. The molecule has 0 radical (unpaired) electrons. The summed E-state index contributed by atoms with van der Waals surface area (Å²) in [7, 11) is 0. The van der Waals surface area contributed by atoms with Crippen molar-refractivity contribution >= 4 is 71.6 Å². The van der Waals surface area contributed by atoms with E-state index >= 15 is 0 Å². The van der Waals surface area contributed by atoms with Gasteiger partial charge in [-0.25, -0.2) is 0 Å². The SMILES string of the molecule is Nc1c(C(=NCc2ccc(N3c4ccccc4C4c5ccccc5-c5c(n6c7c(c8cccc5c86)-c5ccccc5CC7)C43)c3ccccc23)c2ccc3ccccc3c2)oc2ccccc12. The van der Waals surface area contributed by atoms with Gasteiger partial charge in [0.25, 0.3) is 0 Å². The molecule has 15 rings (SSSR count). The zero-order valence-electron chi connectivity index (χ0n) is 36.6. The first-order chi connectivity index (χ1) is 33.2. The second kappa shape index (κ2) is 13.8. The lowest BCUT2D eigenvalue weighted by atomic mass is 9.75. The average Bonchev–Trinajstić information content (AvgIpc) is 4.13. The lowest BCUT2D eigenvalue weighted by Crippen LogP contribution is -2.28. The Morgan fingerprint density at radius 1 is 0.567 bits per heavy atom. The van der Waals surface area contributed by atoms with E-state index < -0.39 is 0 Å². The van der Waals surface area contributed by atoms with E-state index in [-0.39, 0.29) is 12.0 Å². The summed E-state index contributed by atoms with van der Waals surface area (Å²) in [4.78, 5) is 8.15. The fourth-order valence-corrected chi connectivity index (χ4v) is 12.5. The molecule has 316 valence electrons. The number of fused-ring (bicyclic) bond motifs is 18. The summed E-state index contributed by atoms with van der Waals surface area (Å²) in [6, 6.07) is 70.9. The first-order valence-electron chi connectivity index (χ1n) is 23.5. The topological polar surface area (TPSA) is 59.2 Å². The van der Waals surface area contributed by atoms with Gasteiger partial charge in [-0.1, -0.05) is 164 Å². The Labute approximate surface area is 387 Å². The van der Waals surface area contributed by atoms with Crippen LogP contribution in [0, 0.1) is 0 Å². The van der Waals surface area contributed by atoms with E-state index in [9.17, 15) is 0 Å². The van der Waals surface area contributed by atoms with Gasteiger partial charge in [0, 0.05) is 61.2 Å². The molecule has 0 bridgehead atoms. The molecule has 0 saturated carbocycles. The van der Waals surface area contributed by atoms with Crippen LogP contribution in [0.5, 0.6) is 0 Å². The first kappa shape index (κ1) is 36.9. The Balaban J connectivity index is 0.939. The first-order valence-corrected chi connectivity index (χ1v) is 23.5. The second-order valence-electron chi connectivity index (χ2n) is 18.6. The Hall–Kier alpha value is -8.41. The average molecular weight is 859 g/mol. The molecule has 9 aromatic carbocycles. The smallest absolute Gasteiger partial charge is 0.176 e. The highest BCUT2D eigenvalue weighted by Gasteiger charge is 2.49. The van der Waals surface area contributed by atoms with Crippen LogP contribution in [-0.2, 0) is 19.4 Å². The van der Waals surface area contributed by atoms with E-state index in [4.69, 9.17) is 15.1 Å². The lowest BCUT2D eigenvalue weighted by molar-refractivity contribution is 0.606. The minimum absolute atomic E-state index is 0.00872. The van der Waals surface area contributed by atoms with Crippen LogP contribution >= 0.6 is 0 Å². The predicted octanol–water partition coefficient (Wildman–Crippen LogP) is 15.0. The van der Waals surface area contributed by atoms with Crippen molar-refractivity contribution in [2.24, 2.45) is 4.99 Å². The van der Waals surface area contributed by atoms with Crippen LogP contribution in [0.2, 0.25) is 0 Å². The molecule has 5 nitrogen and oxygen atoms in total. The van der Waals surface area contributed by atoms with Crippen LogP contribution < -0.4 is 10.6 Å². The summed E-state index contributed by atoms with van der Waals surface area (Å²) >= 11 is 0. The van der Waals surface area contributed by atoms with Gasteiger partial charge in [-0.05, 0) is 92.7 Å². The third-order valence-corrected chi connectivity index (χ3v) is 15.3. The summed E-state index contributed by atoms with van der Waals surface area (Å²) in [6.45, 7) is 0.440. The van der Waals surface area contributed by atoms with Crippen LogP contribution in [0.25, 0.3) is 71.1 Å². The molecule has 0 spiro atoms. The number of benzene rings is 9. The number of hydrogen-bond acceptors (Lipinski definition) is 4. The Bertz CT molecular complexity index is 4070. The van der Waals surface area contributed by atoms with Crippen molar-refractivity contribution < 1.29 is 4.42 Å². The number of hydrogen-bond donors (Lipinski definition) is 1. The molecule has 0 amide bonds. The van der Waals surface area contributed by atoms with E-state index in [1.54, 1.807) is 0 Å². The van der Waals surface area contributed by atoms with Crippen LogP contribution in [0.4, 0.5) is 17.1 Å². The molecule has 0 fully saturated rings. The number of aryl methyl sites for hydroxylation is 2. The molecule has 67 heavy (non-hydrogen) atoms. The monoisotopic (exact) mass is 858 g/mol. The molecule has 2 atom stereocenters. The minimum Gasteiger partial charge on any atom is -0.452 e. The summed E-state index contributed by atoms with van der Waals surface area (Å²) in [6.07, 6.45) is 2.04. The molecule has 0 saturated heterocycles. The Morgan fingerprint density at radius 3 is 2.15 bits per heavy atom. The zero-order valence-corrected chi connectivity index (χ0v) is 36.6. The van der Waals surface area contributed by atoms with Crippen LogP contribution in [0.3, 0.4) is 0 Å². The van der Waals surface area contributed by atoms with E-state index in [2.05, 4.69) is 179 Å². The van der Waals surface area contributed by atoms with Crippen molar-refractivity contribution in [1.29, 1.82) is 0 Å². The van der Waals surface area contributed by atoms with Gasteiger partial charge in [-0.2, -0.15) is 0 Å². The highest BCUT2D eigenvalue weighted by atomic mass is 16.3. The Morgan fingerprint density at radius 2 is 1.27 bits per heavy atom. The van der Waals surface area contributed by atoms with Crippen molar-refractivity contribution in [2.75, 3.05) is 10.6 Å². The van der Waals surface area contributed by atoms with Crippen molar-refractivity contribution in [3.63, 3.8) is 0 Å². The number of rotatable bonds is 5. The van der Waals surface area contributed by atoms with Gasteiger partial charge >= 0.3 is 0 Å². The molecule has 12 aromatic rings. The van der Waals surface area contributed by atoms with E-state index in [1.807, 2.05) is 24.3 Å². The second-order valence-corrected chi connectivity index (χ2v) is 18.6. The fourth-order valence-electron chi connectivity index (χ4n) is 12.5.